The molecule has 1 heterocycles. The minimum atomic E-state index is -1.16. The molecule has 154 valence electrons. The van der Waals surface area contributed by atoms with E-state index >= 15 is 0 Å². The van der Waals surface area contributed by atoms with Crippen LogP contribution < -0.4 is 0 Å². The van der Waals surface area contributed by atoms with Gasteiger partial charge in [-0.25, -0.2) is 4.79 Å². The van der Waals surface area contributed by atoms with Crippen LogP contribution in [0.25, 0.3) is 10.8 Å². The molecule has 4 rings (SSSR count). The van der Waals surface area contributed by atoms with E-state index in [0.29, 0.717) is 13.0 Å². The van der Waals surface area contributed by atoms with Gasteiger partial charge in [0.05, 0.1) is 19.8 Å². The van der Waals surface area contributed by atoms with Gasteiger partial charge in [-0.2, -0.15) is 0 Å². The minimum absolute atomic E-state index is 0.0804. The van der Waals surface area contributed by atoms with Crippen molar-refractivity contribution in [1.82, 2.24) is 0 Å². The highest BCUT2D eigenvalue weighted by Gasteiger charge is 2.43. The van der Waals surface area contributed by atoms with E-state index in [1.807, 2.05) is 72.8 Å². The molecule has 30 heavy (non-hydrogen) atoms. The second-order valence-corrected chi connectivity index (χ2v) is 7.18. The average molecular weight is 404 g/mol. The van der Waals surface area contributed by atoms with Gasteiger partial charge in [0.2, 0.25) is 11.5 Å². The summed E-state index contributed by atoms with van der Waals surface area (Å²) in [5, 5.41) is 2.18. The molecule has 3 aromatic carbocycles. The third-order valence-corrected chi connectivity index (χ3v) is 5.29. The predicted molar refractivity (Wildman–Crippen MR) is 113 cm³/mol. The fourth-order valence-electron chi connectivity index (χ4n) is 3.69. The van der Waals surface area contributed by atoms with Crippen molar-refractivity contribution in [3.8, 4) is 0 Å². The lowest BCUT2D eigenvalue weighted by Crippen LogP contribution is -2.41. The molecule has 1 aliphatic rings. The lowest BCUT2D eigenvalue weighted by atomic mass is 9.94. The lowest BCUT2D eigenvalue weighted by molar-refractivity contribution is -0.237. The smallest absolute Gasteiger partial charge is 0.373 e. The number of benzene rings is 3. The summed E-state index contributed by atoms with van der Waals surface area (Å²) >= 11 is 0. The van der Waals surface area contributed by atoms with Crippen molar-refractivity contribution < 1.29 is 23.7 Å². The zero-order valence-electron chi connectivity index (χ0n) is 17.0. The van der Waals surface area contributed by atoms with Crippen molar-refractivity contribution in [1.29, 1.82) is 0 Å². The maximum Gasteiger partial charge on any atom is 0.373 e. The Morgan fingerprint density at radius 2 is 1.73 bits per heavy atom. The van der Waals surface area contributed by atoms with Crippen LogP contribution in [0, 0.1) is 0 Å². The summed E-state index contributed by atoms with van der Waals surface area (Å²) in [5.41, 5.74) is 1.86. The molecule has 1 aliphatic heterocycles. The monoisotopic (exact) mass is 404 g/mol. The Morgan fingerprint density at radius 3 is 2.47 bits per heavy atom. The molecule has 0 radical (unpaired) electrons. The number of ether oxygens (including phenoxy) is 4. The topological polar surface area (TPSA) is 54.0 Å². The molecule has 0 spiro atoms. The number of esters is 1. The maximum absolute atomic E-state index is 12.3. The zero-order valence-corrected chi connectivity index (χ0v) is 17.0. The molecule has 0 unspecified atom stereocenters. The molecule has 0 amide bonds. The first-order chi connectivity index (χ1) is 14.6. The van der Waals surface area contributed by atoms with Crippen LogP contribution in [0.15, 0.2) is 84.6 Å². The highest BCUT2D eigenvalue weighted by molar-refractivity contribution is 5.86. The molecule has 0 N–H and O–H groups in total. The number of rotatable bonds is 6. The zero-order chi connectivity index (χ0) is 21.0. The van der Waals surface area contributed by atoms with Gasteiger partial charge in [0.1, 0.15) is 0 Å². The molecule has 0 saturated carbocycles. The molecule has 0 fully saturated rings. The molecule has 0 saturated heterocycles. The third kappa shape index (κ3) is 4.08. The summed E-state index contributed by atoms with van der Waals surface area (Å²) in [6, 6.07) is 23.9. The third-order valence-electron chi connectivity index (χ3n) is 5.29. The maximum atomic E-state index is 12.3. The van der Waals surface area contributed by atoms with E-state index in [9.17, 15) is 4.79 Å². The Labute approximate surface area is 175 Å². The summed E-state index contributed by atoms with van der Waals surface area (Å²) in [7, 11) is 2.90. The number of fused-ring (bicyclic) bond motifs is 1. The van der Waals surface area contributed by atoms with Crippen LogP contribution in [-0.4, -0.2) is 26.3 Å². The van der Waals surface area contributed by atoms with E-state index < -0.39 is 11.8 Å². The van der Waals surface area contributed by atoms with Crippen LogP contribution in [-0.2, 0) is 36.1 Å². The van der Waals surface area contributed by atoms with Crippen molar-refractivity contribution in [3.63, 3.8) is 0 Å². The average Bonchev–Trinajstić information content (AvgIpc) is 2.82. The molecule has 0 aliphatic carbocycles. The Morgan fingerprint density at radius 1 is 1.00 bits per heavy atom. The molecule has 0 bridgehead atoms. The van der Waals surface area contributed by atoms with Gasteiger partial charge in [-0.1, -0.05) is 66.7 Å². The summed E-state index contributed by atoms with van der Waals surface area (Å²) in [5.74, 6) is -1.65. The minimum Gasteiger partial charge on any atom is -0.463 e. The van der Waals surface area contributed by atoms with Gasteiger partial charge in [-0.05, 0) is 28.5 Å². The first-order valence-corrected chi connectivity index (χ1v) is 9.82. The number of hydrogen-bond acceptors (Lipinski definition) is 5. The van der Waals surface area contributed by atoms with Crippen LogP contribution in [0.3, 0.4) is 0 Å². The molecule has 2 atom stereocenters. The molecular formula is C25H24O5. The van der Waals surface area contributed by atoms with E-state index in [4.69, 9.17) is 18.9 Å². The van der Waals surface area contributed by atoms with Gasteiger partial charge in [0.15, 0.2) is 0 Å². The van der Waals surface area contributed by atoms with Crippen molar-refractivity contribution in [2.75, 3.05) is 14.2 Å². The molecule has 5 heteroatoms. The Hall–Kier alpha value is -3.15. The van der Waals surface area contributed by atoms with E-state index in [0.717, 1.165) is 21.9 Å². The fraction of sp³-hybridized carbons (Fsp3) is 0.240. The summed E-state index contributed by atoms with van der Waals surface area (Å²) in [6.45, 7) is 0.411. The van der Waals surface area contributed by atoms with Gasteiger partial charge in [0.25, 0.3) is 0 Å². The van der Waals surface area contributed by atoms with Crippen molar-refractivity contribution >= 4 is 16.7 Å². The summed E-state index contributed by atoms with van der Waals surface area (Å²) in [6.07, 6.45) is 1.67. The van der Waals surface area contributed by atoms with Gasteiger partial charge >= 0.3 is 5.97 Å². The second kappa shape index (κ2) is 8.69. The van der Waals surface area contributed by atoms with Crippen LogP contribution >= 0.6 is 0 Å². The standard InChI is InChI=1S/C25H24O5/c1-27-24(26)23-15-22(29-17-18-8-4-3-5-9-18)16-25(28-2,30-23)21-13-12-19-10-6-7-11-20(19)14-21/h3-15,22H,16-17H2,1-2H3/t22-,25-/m0/s1. The molecule has 3 aromatic rings. The Balaban J connectivity index is 1.67. The van der Waals surface area contributed by atoms with E-state index in [2.05, 4.69) is 0 Å². The van der Waals surface area contributed by atoms with Gasteiger partial charge in [-0.3, -0.25) is 0 Å². The lowest BCUT2D eigenvalue weighted by Gasteiger charge is -2.39. The van der Waals surface area contributed by atoms with Crippen LogP contribution in [0.2, 0.25) is 0 Å². The first kappa shape index (κ1) is 20.1. The van der Waals surface area contributed by atoms with Crippen LogP contribution in [0.4, 0.5) is 0 Å². The highest BCUT2D eigenvalue weighted by Crippen LogP contribution is 2.40. The Bertz CT molecular complexity index is 1060. The van der Waals surface area contributed by atoms with E-state index in [1.165, 1.54) is 7.11 Å². The SMILES string of the molecule is COC(=O)C1=C[C@H](OCc2ccccc2)C[C@@](OC)(c2ccc3ccccc3c2)O1. The summed E-state index contributed by atoms with van der Waals surface area (Å²) < 4.78 is 23.0. The predicted octanol–water partition coefficient (Wildman–Crippen LogP) is 4.70. The normalized spacial score (nSPS) is 21.0. The number of carbonyl (C=O) groups is 1. The fourth-order valence-corrected chi connectivity index (χ4v) is 3.69. The van der Waals surface area contributed by atoms with Gasteiger partial charge in [0, 0.05) is 19.1 Å². The molecule has 5 nitrogen and oxygen atoms in total. The first-order valence-electron chi connectivity index (χ1n) is 9.82. The van der Waals surface area contributed by atoms with E-state index in [-0.39, 0.29) is 11.9 Å². The molecule has 0 aromatic heterocycles. The van der Waals surface area contributed by atoms with E-state index in [1.54, 1.807) is 13.2 Å². The van der Waals surface area contributed by atoms with Crippen LogP contribution in [0.1, 0.15) is 17.5 Å². The van der Waals surface area contributed by atoms with Crippen molar-refractivity contribution in [3.05, 3.63) is 95.8 Å². The van der Waals surface area contributed by atoms with Crippen molar-refractivity contribution in [2.24, 2.45) is 0 Å². The Kier molecular flexibility index (Phi) is 5.84. The summed E-state index contributed by atoms with van der Waals surface area (Å²) in [4.78, 5) is 12.3. The number of methoxy groups -OCH3 is 2. The van der Waals surface area contributed by atoms with Crippen molar-refractivity contribution in [2.45, 2.75) is 24.9 Å². The molecular weight excluding hydrogens is 380 g/mol. The number of carbonyl (C=O) groups excluding carboxylic acids is 1. The number of hydrogen-bond donors (Lipinski definition) is 0. The largest absolute Gasteiger partial charge is 0.463 e. The quantitative estimate of drug-likeness (QED) is 0.558. The second-order valence-electron chi connectivity index (χ2n) is 7.18. The van der Waals surface area contributed by atoms with Gasteiger partial charge in [-0.15, -0.1) is 0 Å². The van der Waals surface area contributed by atoms with Gasteiger partial charge < -0.3 is 18.9 Å². The van der Waals surface area contributed by atoms with Crippen LogP contribution in [0.5, 0.6) is 0 Å². The highest BCUT2D eigenvalue weighted by atomic mass is 16.7.